The first-order valence-electron chi connectivity index (χ1n) is 6.41. The topological polar surface area (TPSA) is 66.4 Å². The van der Waals surface area contributed by atoms with E-state index in [0.29, 0.717) is 10.5 Å². The Hall–Kier alpha value is -1.07. The van der Waals surface area contributed by atoms with Gasteiger partial charge in [0.25, 0.3) is 0 Å². The first-order valence-corrected chi connectivity index (χ1v) is 8.07. The van der Waals surface area contributed by atoms with Crippen LogP contribution in [0.3, 0.4) is 0 Å². The highest BCUT2D eigenvalue weighted by molar-refractivity contribution is 7.91. The van der Waals surface area contributed by atoms with Crippen molar-refractivity contribution in [2.24, 2.45) is 5.41 Å². The van der Waals surface area contributed by atoms with Crippen LogP contribution in [0.15, 0.2) is 23.1 Å². The fourth-order valence-electron chi connectivity index (χ4n) is 2.84. The lowest BCUT2D eigenvalue weighted by atomic mass is 9.79. The van der Waals surface area contributed by atoms with Crippen molar-refractivity contribution in [3.8, 4) is 0 Å². The molecule has 1 aromatic carbocycles. The molecular weight excluding hydrogens is 262 g/mol. The highest BCUT2D eigenvalue weighted by Gasteiger charge is 2.42. The largest absolute Gasteiger partial charge is 0.392 e. The van der Waals surface area contributed by atoms with Crippen molar-refractivity contribution >= 4 is 15.5 Å². The summed E-state index contributed by atoms with van der Waals surface area (Å²) in [5.74, 6) is -0.243. The van der Waals surface area contributed by atoms with Crippen molar-refractivity contribution in [1.29, 1.82) is 0 Å². The molecule has 1 aromatic rings. The van der Waals surface area contributed by atoms with Crippen LogP contribution in [0.4, 0.5) is 5.69 Å². The van der Waals surface area contributed by atoms with Crippen LogP contribution >= 0.6 is 0 Å². The molecule has 0 unspecified atom stereocenters. The van der Waals surface area contributed by atoms with Gasteiger partial charge in [0.15, 0.2) is 9.84 Å². The zero-order valence-electron chi connectivity index (χ0n) is 11.8. The van der Waals surface area contributed by atoms with Gasteiger partial charge in [-0.1, -0.05) is 20.8 Å². The van der Waals surface area contributed by atoms with E-state index < -0.39 is 21.4 Å². The van der Waals surface area contributed by atoms with Gasteiger partial charge < -0.3 is 10.4 Å². The third-order valence-electron chi connectivity index (χ3n) is 3.96. The van der Waals surface area contributed by atoms with Crippen LogP contribution in [0.1, 0.15) is 32.3 Å². The second-order valence-electron chi connectivity index (χ2n) is 5.98. The normalized spacial score (nSPS) is 28.3. The average Bonchev–Trinajstić information content (AvgIpc) is 2.38. The molecule has 19 heavy (non-hydrogen) atoms. The molecule has 0 aliphatic carbocycles. The molecule has 0 saturated carbocycles. The first-order chi connectivity index (χ1) is 8.69. The molecule has 2 rings (SSSR count). The van der Waals surface area contributed by atoms with Crippen LogP contribution in [0.25, 0.3) is 0 Å². The quantitative estimate of drug-likeness (QED) is 0.827. The minimum Gasteiger partial charge on any atom is -0.392 e. The molecule has 2 N–H and O–H groups in total. The second-order valence-corrected chi connectivity index (χ2v) is 7.94. The molecule has 0 radical (unpaired) electrons. The van der Waals surface area contributed by atoms with Crippen molar-refractivity contribution in [2.45, 2.75) is 37.7 Å². The van der Waals surface area contributed by atoms with E-state index in [4.69, 9.17) is 0 Å². The van der Waals surface area contributed by atoms with Gasteiger partial charge in [-0.15, -0.1) is 0 Å². The molecule has 106 valence electrons. The number of rotatable bonds is 1. The highest BCUT2D eigenvalue weighted by Crippen LogP contribution is 2.41. The lowest BCUT2D eigenvalue weighted by Gasteiger charge is -2.31. The molecule has 1 heterocycles. The van der Waals surface area contributed by atoms with Gasteiger partial charge in [-0.05, 0) is 23.8 Å². The minimum absolute atomic E-state index is 0.0304. The van der Waals surface area contributed by atoms with E-state index >= 15 is 0 Å². The van der Waals surface area contributed by atoms with Gasteiger partial charge in [-0.3, -0.25) is 0 Å². The van der Waals surface area contributed by atoms with Gasteiger partial charge in [0.05, 0.1) is 16.8 Å². The van der Waals surface area contributed by atoms with Crippen LogP contribution < -0.4 is 5.32 Å². The van der Waals surface area contributed by atoms with Gasteiger partial charge in [0, 0.05) is 24.1 Å². The molecule has 1 aliphatic heterocycles. The maximum atomic E-state index is 12.5. The Morgan fingerprint density at radius 2 is 2.00 bits per heavy atom. The fraction of sp³-hybridized carbons (Fsp3) is 0.571. The summed E-state index contributed by atoms with van der Waals surface area (Å²) in [4.78, 5) is 0.351. The fourth-order valence-corrected chi connectivity index (χ4v) is 5.03. The standard InChI is InChI=1S/C14H21NO3S/c1-9-11-7-10(15-4)5-6-12(11)19(17,18)8-14(2,3)13(9)16/h5-7,9,13,15-16H,8H2,1-4H3/t9-,13-/m1/s1. The van der Waals surface area contributed by atoms with Crippen LogP contribution in [0, 0.1) is 5.41 Å². The van der Waals surface area contributed by atoms with Crippen LogP contribution in [0.2, 0.25) is 0 Å². The van der Waals surface area contributed by atoms with E-state index in [2.05, 4.69) is 5.32 Å². The van der Waals surface area contributed by atoms with Crippen molar-refractivity contribution in [2.75, 3.05) is 18.1 Å². The van der Waals surface area contributed by atoms with E-state index in [9.17, 15) is 13.5 Å². The summed E-state index contributed by atoms with van der Waals surface area (Å²) in [5, 5.41) is 13.4. The predicted molar refractivity (Wildman–Crippen MR) is 76.2 cm³/mol. The molecule has 0 aromatic heterocycles. The molecule has 1 aliphatic rings. The first kappa shape index (κ1) is 14.3. The Morgan fingerprint density at radius 3 is 2.58 bits per heavy atom. The smallest absolute Gasteiger partial charge is 0.179 e. The molecular formula is C14H21NO3S. The summed E-state index contributed by atoms with van der Waals surface area (Å²) in [7, 11) is -1.58. The third-order valence-corrected chi connectivity index (χ3v) is 6.13. The maximum Gasteiger partial charge on any atom is 0.179 e. The SMILES string of the molecule is CNc1ccc2c(c1)[C@@H](C)[C@@H](O)C(C)(C)CS2(=O)=O. The molecule has 0 fully saturated rings. The van der Waals surface area contributed by atoms with Gasteiger partial charge in [-0.25, -0.2) is 8.42 Å². The van der Waals surface area contributed by atoms with Crippen molar-refractivity contribution in [1.82, 2.24) is 0 Å². The zero-order valence-corrected chi connectivity index (χ0v) is 12.6. The lowest BCUT2D eigenvalue weighted by Crippen LogP contribution is -2.36. The van der Waals surface area contributed by atoms with Crippen LogP contribution in [-0.4, -0.2) is 32.4 Å². The van der Waals surface area contributed by atoms with Crippen molar-refractivity contribution in [3.05, 3.63) is 23.8 Å². The third kappa shape index (κ3) is 2.37. The number of hydrogen-bond acceptors (Lipinski definition) is 4. The Kier molecular flexibility index (Phi) is 3.39. The van der Waals surface area contributed by atoms with Crippen LogP contribution in [0.5, 0.6) is 0 Å². The Bertz CT molecular complexity index is 593. The molecule has 0 bridgehead atoms. The van der Waals surface area contributed by atoms with Crippen LogP contribution in [-0.2, 0) is 9.84 Å². The Balaban J connectivity index is 2.70. The second kappa shape index (κ2) is 4.49. The van der Waals surface area contributed by atoms with Gasteiger partial charge in [0.1, 0.15) is 0 Å². The Morgan fingerprint density at radius 1 is 1.37 bits per heavy atom. The maximum absolute atomic E-state index is 12.5. The highest BCUT2D eigenvalue weighted by atomic mass is 32.2. The van der Waals surface area contributed by atoms with Gasteiger partial charge in [-0.2, -0.15) is 0 Å². The number of aliphatic hydroxyl groups is 1. The van der Waals surface area contributed by atoms with E-state index in [1.165, 1.54) is 0 Å². The summed E-state index contributed by atoms with van der Waals surface area (Å²) in [6, 6.07) is 5.22. The molecule has 0 amide bonds. The lowest BCUT2D eigenvalue weighted by molar-refractivity contribution is 0.0466. The minimum atomic E-state index is -3.36. The van der Waals surface area contributed by atoms with E-state index in [0.717, 1.165) is 5.69 Å². The number of aliphatic hydroxyl groups excluding tert-OH is 1. The summed E-state index contributed by atoms with van der Waals surface area (Å²) in [6.07, 6.45) is -0.685. The summed E-state index contributed by atoms with van der Waals surface area (Å²) >= 11 is 0. The average molecular weight is 283 g/mol. The van der Waals surface area contributed by atoms with Crippen molar-refractivity contribution in [3.63, 3.8) is 0 Å². The number of nitrogens with one attached hydrogen (secondary N) is 1. The van der Waals surface area contributed by atoms with Crippen molar-refractivity contribution < 1.29 is 13.5 Å². The zero-order chi connectivity index (χ0) is 14.4. The number of hydrogen-bond donors (Lipinski definition) is 2. The van der Waals surface area contributed by atoms with Gasteiger partial charge in [0.2, 0.25) is 0 Å². The number of sulfone groups is 1. The summed E-state index contributed by atoms with van der Waals surface area (Å²) in [6.45, 7) is 5.48. The molecule has 0 spiro atoms. The molecule has 4 nitrogen and oxygen atoms in total. The van der Waals surface area contributed by atoms with E-state index in [-0.39, 0.29) is 11.7 Å². The molecule has 2 atom stereocenters. The van der Waals surface area contributed by atoms with E-state index in [1.54, 1.807) is 33.0 Å². The summed E-state index contributed by atoms with van der Waals surface area (Å²) in [5.41, 5.74) is 0.898. The molecule has 5 heteroatoms. The number of anilines is 1. The predicted octanol–water partition coefficient (Wildman–Crippen LogP) is 2.01. The molecule has 0 saturated heterocycles. The monoisotopic (exact) mass is 283 g/mol. The van der Waals surface area contributed by atoms with Gasteiger partial charge >= 0.3 is 0 Å². The number of benzene rings is 1. The summed E-state index contributed by atoms with van der Waals surface area (Å²) < 4.78 is 24.9. The van der Waals surface area contributed by atoms with E-state index in [1.807, 2.05) is 13.0 Å². The number of fused-ring (bicyclic) bond motifs is 1. The Labute approximate surface area is 114 Å².